The summed E-state index contributed by atoms with van der Waals surface area (Å²) in [4.78, 5) is 38.8. The van der Waals surface area contributed by atoms with Crippen molar-refractivity contribution in [3.8, 4) is 17.0 Å². The van der Waals surface area contributed by atoms with E-state index in [-0.39, 0.29) is 11.3 Å². The van der Waals surface area contributed by atoms with Crippen LogP contribution in [-0.4, -0.2) is 52.1 Å². The van der Waals surface area contributed by atoms with Crippen molar-refractivity contribution in [2.24, 2.45) is 5.92 Å². The molecular weight excluding hydrogens is 545 g/mol. The van der Waals surface area contributed by atoms with E-state index >= 15 is 0 Å². The number of rotatable bonds is 8. The number of imide groups is 1. The lowest BCUT2D eigenvalue weighted by Gasteiger charge is -2.32. The van der Waals surface area contributed by atoms with Crippen LogP contribution in [0.3, 0.4) is 0 Å². The Balaban J connectivity index is 1.13. The minimum atomic E-state index is -4.79. The summed E-state index contributed by atoms with van der Waals surface area (Å²) in [5.41, 5.74) is 2.14. The monoisotopic (exact) mass is 570 g/mol. The number of piperidine rings is 1. The number of carbonyl (C=O) groups is 2. The second-order valence-electron chi connectivity index (χ2n) is 9.29. The second-order valence-corrected chi connectivity index (χ2v) is 10.3. The van der Waals surface area contributed by atoms with E-state index in [4.69, 9.17) is 0 Å². The molecule has 0 bridgehead atoms. The number of aromatic nitrogens is 3. The topological polar surface area (TPSA) is 109 Å². The maximum atomic E-state index is 12.8. The van der Waals surface area contributed by atoms with Crippen LogP contribution in [-0.2, 0) is 11.3 Å². The summed E-state index contributed by atoms with van der Waals surface area (Å²) in [5, 5.41) is 5.28. The number of nitrogens with one attached hydrogen (secondary N) is 2. The number of halogens is 3. The standard InChI is InChI=1S/C27H25F3N6O3S/c28-27(29,30)39-22-4-2-1-3-20(22)21-13-18(5-9-32-21)16-31-15-17-7-11-36(12-8-17)25-33-10-6-19(34-25)14-23-24(37)35-26(38)40-23/h1-6,9-10,13-14,17,31H,7-8,11-12,15-16H2,(H,35,37,38)/b23-14+. The smallest absolute Gasteiger partial charge is 0.405 e. The highest BCUT2D eigenvalue weighted by Crippen LogP contribution is 2.33. The predicted molar refractivity (Wildman–Crippen MR) is 144 cm³/mol. The zero-order valence-corrected chi connectivity index (χ0v) is 22.0. The third-order valence-electron chi connectivity index (χ3n) is 6.46. The molecule has 2 aromatic heterocycles. The molecule has 40 heavy (non-hydrogen) atoms. The van der Waals surface area contributed by atoms with Gasteiger partial charge in [-0.25, -0.2) is 9.97 Å². The minimum absolute atomic E-state index is 0.273. The molecule has 2 N–H and O–H groups in total. The molecule has 0 unspecified atom stereocenters. The van der Waals surface area contributed by atoms with Gasteiger partial charge in [-0.1, -0.05) is 12.1 Å². The maximum absolute atomic E-state index is 12.8. The minimum Gasteiger partial charge on any atom is -0.405 e. The molecule has 2 saturated heterocycles. The van der Waals surface area contributed by atoms with Gasteiger partial charge in [0.2, 0.25) is 5.95 Å². The van der Waals surface area contributed by atoms with Gasteiger partial charge in [0.05, 0.1) is 16.3 Å². The zero-order valence-electron chi connectivity index (χ0n) is 21.1. The number of alkyl halides is 3. The molecule has 0 atom stereocenters. The Kier molecular flexibility index (Phi) is 8.31. The van der Waals surface area contributed by atoms with E-state index in [0.717, 1.165) is 49.8 Å². The molecular formula is C27H25F3N6O3S. The largest absolute Gasteiger partial charge is 0.573 e. The van der Waals surface area contributed by atoms with Gasteiger partial charge < -0.3 is 15.0 Å². The molecule has 2 aliphatic heterocycles. The number of amides is 2. The molecule has 208 valence electrons. The number of para-hydroxylation sites is 1. The van der Waals surface area contributed by atoms with Crippen molar-refractivity contribution in [1.29, 1.82) is 0 Å². The summed E-state index contributed by atoms with van der Waals surface area (Å²) in [6.45, 7) is 2.88. The lowest BCUT2D eigenvalue weighted by Crippen LogP contribution is -2.38. The van der Waals surface area contributed by atoms with Crippen LogP contribution in [0, 0.1) is 5.92 Å². The molecule has 1 aromatic carbocycles. The van der Waals surface area contributed by atoms with Gasteiger partial charge >= 0.3 is 6.36 Å². The van der Waals surface area contributed by atoms with Crippen molar-refractivity contribution in [3.63, 3.8) is 0 Å². The number of ether oxygens (including phenoxy) is 1. The highest BCUT2D eigenvalue weighted by molar-refractivity contribution is 8.18. The maximum Gasteiger partial charge on any atom is 0.573 e. The fourth-order valence-corrected chi connectivity index (χ4v) is 5.20. The van der Waals surface area contributed by atoms with E-state index < -0.39 is 17.5 Å². The number of thioether (sulfide) groups is 1. The summed E-state index contributed by atoms with van der Waals surface area (Å²) >= 11 is 0.849. The van der Waals surface area contributed by atoms with E-state index in [9.17, 15) is 22.8 Å². The lowest BCUT2D eigenvalue weighted by atomic mass is 9.97. The van der Waals surface area contributed by atoms with Crippen LogP contribution in [0.2, 0.25) is 0 Å². The van der Waals surface area contributed by atoms with Crippen molar-refractivity contribution in [3.05, 3.63) is 71.0 Å². The van der Waals surface area contributed by atoms with Gasteiger partial charge in [-0.15, -0.1) is 13.2 Å². The molecule has 0 aliphatic carbocycles. The molecule has 2 amide bonds. The number of carbonyl (C=O) groups excluding carboxylic acids is 2. The molecule has 2 aliphatic rings. The van der Waals surface area contributed by atoms with Crippen molar-refractivity contribution in [2.45, 2.75) is 25.7 Å². The average molecular weight is 571 g/mol. The normalized spacial score (nSPS) is 17.4. The third-order valence-corrected chi connectivity index (χ3v) is 7.27. The fraction of sp³-hybridized carbons (Fsp3) is 0.296. The first-order chi connectivity index (χ1) is 19.2. The number of hydrogen-bond acceptors (Lipinski definition) is 9. The molecule has 9 nitrogen and oxygen atoms in total. The van der Waals surface area contributed by atoms with Gasteiger partial charge in [-0.05, 0) is 79.0 Å². The molecule has 3 aromatic rings. The molecule has 13 heteroatoms. The molecule has 0 spiro atoms. The summed E-state index contributed by atoms with van der Waals surface area (Å²) in [5.74, 6) is 0.304. The van der Waals surface area contributed by atoms with E-state index in [0.29, 0.717) is 34.7 Å². The van der Waals surface area contributed by atoms with Crippen molar-refractivity contribution in [2.75, 3.05) is 24.5 Å². The molecule has 5 rings (SSSR count). The zero-order chi connectivity index (χ0) is 28.1. The Morgan fingerprint density at radius 1 is 1.10 bits per heavy atom. The van der Waals surface area contributed by atoms with Crippen LogP contribution >= 0.6 is 11.8 Å². The number of pyridine rings is 1. The van der Waals surface area contributed by atoms with Crippen molar-refractivity contribution in [1.82, 2.24) is 25.6 Å². The van der Waals surface area contributed by atoms with Gasteiger partial charge in [0, 0.05) is 37.6 Å². The van der Waals surface area contributed by atoms with Crippen LogP contribution in [0.5, 0.6) is 5.75 Å². The first kappa shape index (κ1) is 27.6. The molecule has 2 fully saturated rings. The van der Waals surface area contributed by atoms with Gasteiger partial charge in [-0.2, -0.15) is 0 Å². The first-order valence-electron chi connectivity index (χ1n) is 12.6. The summed E-state index contributed by atoms with van der Waals surface area (Å²) in [7, 11) is 0. The summed E-state index contributed by atoms with van der Waals surface area (Å²) < 4.78 is 42.6. The van der Waals surface area contributed by atoms with Crippen molar-refractivity contribution >= 4 is 34.9 Å². The summed E-state index contributed by atoms with van der Waals surface area (Å²) in [6, 6.07) is 11.2. The predicted octanol–water partition coefficient (Wildman–Crippen LogP) is 4.77. The van der Waals surface area contributed by atoms with Gasteiger partial charge in [0.25, 0.3) is 11.1 Å². The second kappa shape index (κ2) is 12.0. The Morgan fingerprint density at radius 3 is 2.62 bits per heavy atom. The van der Waals surface area contributed by atoms with Crippen LogP contribution in [0.25, 0.3) is 17.3 Å². The quantitative estimate of drug-likeness (QED) is 0.370. The Labute approximate surface area is 232 Å². The Hall–Kier alpha value is -3.97. The first-order valence-corrected chi connectivity index (χ1v) is 13.4. The van der Waals surface area contributed by atoms with E-state index in [2.05, 4.69) is 35.2 Å². The van der Waals surface area contributed by atoms with E-state index in [1.54, 1.807) is 42.7 Å². The van der Waals surface area contributed by atoms with Gasteiger partial charge in [0.15, 0.2) is 0 Å². The molecule has 0 radical (unpaired) electrons. The van der Waals surface area contributed by atoms with Gasteiger partial charge in [0.1, 0.15) is 5.75 Å². The summed E-state index contributed by atoms with van der Waals surface area (Å²) in [6.07, 6.45) is 1.87. The number of hydrogen-bond donors (Lipinski definition) is 2. The highest BCUT2D eigenvalue weighted by atomic mass is 32.2. The molecule has 0 saturated carbocycles. The van der Waals surface area contributed by atoms with Crippen LogP contribution in [0.15, 0.2) is 59.8 Å². The molecule has 4 heterocycles. The number of benzene rings is 1. The Morgan fingerprint density at radius 2 is 1.88 bits per heavy atom. The van der Waals surface area contributed by atoms with Crippen LogP contribution < -0.4 is 20.3 Å². The van der Waals surface area contributed by atoms with Crippen LogP contribution in [0.4, 0.5) is 23.9 Å². The van der Waals surface area contributed by atoms with Crippen LogP contribution in [0.1, 0.15) is 24.1 Å². The Bertz CT molecular complexity index is 1430. The fourth-order valence-electron chi connectivity index (χ4n) is 4.53. The average Bonchev–Trinajstić information content (AvgIpc) is 3.25. The SMILES string of the molecule is O=C1NC(=O)/C(=C\c2ccnc(N3CCC(CNCc4ccnc(-c5ccccc5OC(F)(F)F)c4)CC3)n2)S1. The number of nitrogens with zero attached hydrogens (tertiary/aromatic N) is 4. The van der Waals surface area contributed by atoms with Crippen molar-refractivity contribution < 1.29 is 27.5 Å². The van der Waals surface area contributed by atoms with E-state index in [1.807, 2.05) is 6.07 Å². The highest BCUT2D eigenvalue weighted by Gasteiger charge is 2.32. The lowest BCUT2D eigenvalue weighted by molar-refractivity contribution is -0.274. The number of anilines is 1. The van der Waals surface area contributed by atoms with Gasteiger partial charge in [-0.3, -0.25) is 19.9 Å². The third kappa shape index (κ3) is 7.16. The van der Waals surface area contributed by atoms with E-state index in [1.165, 1.54) is 12.1 Å².